The molecule has 0 bridgehead atoms. The smallest absolute Gasteiger partial charge is 0.335 e. The summed E-state index contributed by atoms with van der Waals surface area (Å²) in [6.45, 7) is 5.84. The summed E-state index contributed by atoms with van der Waals surface area (Å²) in [5, 5.41) is 31.2. The Labute approximate surface area is 393 Å². The van der Waals surface area contributed by atoms with Gasteiger partial charge in [0.1, 0.15) is 18.8 Å². The van der Waals surface area contributed by atoms with E-state index in [0.29, 0.717) is 19.3 Å². The number of aliphatic carboxylic acids is 1. The van der Waals surface area contributed by atoms with Gasteiger partial charge in [0, 0.05) is 19.3 Å². The predicted octanol–water partition coefficient (Wildman–Crippen LogP) is 12.1. The number of esters is 3. The van der Waals surface area contributed by atoms with Crippen LogP contribution in [-0.2, 0) is 42.9 Å². The van der Waals surface area contributed by atoms with Crippen LogP contribution in [0.4, 0.5) is 0 Å². The Morgan fingerprint density at radius 1 is 0.508 bits per heavy atom. The van der Waals surface area contributed by atoms with Crippen molar-refractivity contribution in [2.24, 2.45) is 0 Å². The van der Waals surface area contributed by atoms with Crippen LogP contribution in [0.25, 0.3) is 0 Å². The summed E-state index contributed by atoms with van der Waals surface area (Å²) in [6, 6.07) is 0. The molecule has 0 saturated carbocycles. The number of rotatable bonds is 43. The fraction of sp³-hybridized carbons (Fsp3) is 0.811. The van der Waals surface area contributed by atoms with Gasteiger partial charge in [-0.05, 0) is 70.6 Å². The molecule has 1 saturated heterocycles. The molecule has 0 aromatic carbocycles. The summed E-state index contributed by atoms with van der Waals surface area (Å²) in [6.07, 6.45) is 34.3. The van der Waals surface area contributed by atoms with Gasteiger partial charge in [-0.2, -0.15) is 0 Å². The minimum Gasteiger partial charge on any atom is -0.479 e. The summed E-state index contributed by atoms with van der Waals surface area (Å²) in [5.41, 5.74) is 0. The summed E-state index contributed by atoms with van der Waals surface area (Å²) in [7, 11) is 0. The molecular weight excluding hydrogens is 829 g/mol. The molecule has 6 atom stereocenters. The Kier molecular flexibility index (Phi) is 39.0. The molecule has 12 nitrogen and oxygen atoms in total. The van der Waals surface area contributed by atoms with Crippen LogP contribution >= 0.6 is 0 Å². The predicted molar refractivity (Wildman–Crippen MR) is 257 cm³/mol. The zero-order chi connectivity index (χ0) is 47.6. The average molecular weight is 921 g/mol. The number of carboxylic acids is 1. The maximum atomic E-state index is 13.0. The Morgan fingerprint density at radius 3 is 1.48 bits per heavy atom. The molecule has 6 unspecified atom stereocenters. The normalized spacial score (nSPS) is 19.3. The number of carbonyl (C=O) groups is 4. The van der Waals surface area contributed by atoms with Gasteiger partial charge in [0.2, 0.25) is 0 Å². The fourth-order valence-electron chi connectivity index (χ4n) is 7.63. The van der Waals surface area contributed by atoms with Crippen molar-refractivity contribution in [3.63, 3.8) is 0 Å². The van der Waals surface area contributed by atoms with Gasteiger partial charge < -0.3 is 39.0 Å². The zero-order valence-electron chi connectivity index (χ0n) is 41.0. The molecule has 3 N–H and O–H groups in total. The molecule has 1 heterocycles. The Morgan fingerprint density at radius 2 is 0.954 bits per heavy atom. The quantitative estimate of drug-likeness (QED) is 0.0229. The molecule has 0 aromatic heterocycles. The highest BCUT2D eigenvalue weighted by molar-refractivity contribution is 5.74. The molecule has 0 radical (unpaired) electrons. The van der Waals surface area contributed by atoms with Gasteiger partial charge in [0.05, 0.1) is 6.61 Å². The van der Waals surface area contributed by atoms with E-state index in [1.807, 2.05) is 0 Å². The second kappa shape index (κ2) is 42.3. The molecular formula is C53H92O12. The molecule has 65 heavy (non-hydrogen) atoms. The number of unbranched alkanes of at least 4 members (excludes halogenated alkanes) is 23. The molecule has 1 aliphatic rings. The van der Waals surface area contributed by atoms with E-state index < -0.39 is 67.3 Å². The lowest BCUT2D eigenvalue weighted by molar-refractivity contribution is -0.301. The van der Waals surface area contributed by atoms with Crippen LogP contribution in [0.15, 0.2) is 36.5 Å². The molecule has 1 aliphatic heterocycles. The third-order valence-corrected chi connectivity index (χ3v) is 11.7. The van der Waals surface area contributed by atoms with Crippen LogP contribution < -0.4 is 0 Å². The van der Waals surface area contributed by atoms with E-state index in [4.69, 9.17) is 23.7 Å². The zero-order valence-corrected chi connectivity index (χ0v) is 41.0. The first kappa shape index (κ1) is 60.0. The van der Waals surface area contributed by atoms with Crippen molar-refractivity contribution in [3.8, 4) is 0 Å². The third kappa shape index (κ3) is 33.1. The lowest BCUT2D eigenvalue weighted by Gasteiger charge is -2.40. The van der Waals surface area contributed by atoms with E-state index in [1.54, 1.807) is 0 Å². The number of carboxylic acid groups (broad SMARTS) is 1. The second-order valence-corrected chi connectivity index (χ2v) is 17.8. The molecule has 12 heteroatoms. The Balaban J connectivity index is 2.75. The van der Waals surface area contributed by atoms with Gasteiger partial charge in [-0.1, -0.05) is 173 Å². The number of hydrogen-bond donors (Lipinski definition) is 3. The second-order valence-electron chi connectivity index (χ2n) is 17.8. The van der Waals surface area contributed by atoms with Crippen molar-refractivity contribution in [1.29, 1.82) is 0 Å². The number of aliphatic hydroxyl groups is 2. The van der Waals surface area contributed by atoms with Crippen LogP contribution in [0.5, 0.6) is 0 Å². The number of carbonyl (C=O) groups excluding carboxylic acids is 3. The van der Waals surface area contributed by atoms with Gasteiger partial charge in [0.15, 0.2) is 24.6 Å². The van der Waals surface area contributed by atoms with E-state index in [2.05, 4.69) is 57.2 Å². The van der Waals surface area contributed by atoms with E-state index in [-0.39, 0.29) is 25.9 Å². The first-order valence-electron chi connectivity index (χ1n) is 26.0. The van der Waals surface area contributed by atoms with Gasteiger partial charge in [-0.15, -0.1) is 0 Å². The minimum atomic E-state index is -1.90. The first-order chi connectivity index (χ1) is 31.6. The summed E-state index contributed by atoms with van der Waals surface area (Å²) < 4.78 is 28.2. The van der Waals surface area contributed by atoms with E-state index in [1.165, 1.54) is 51.4 Å². The highest BCUT2D eigenvalue weighted by atomic mass is 16.7. The van der Waals surface area contributed by atoms with Crippen molar-refractivity contribution in [3.05, 3.63) is 36.5 Å². The molecule has 1 rings (SSSR count). The van der Waals surface area contributed by atoms with Crippen molar-refractivity contribution < 1.29 is 58.2 Å². The summed E-state index contributed by atoms with van der Waals surface area (Å²) in [4.78, 5) is 50.7. The lowest BCUT2D eigenvalue weighted by atomic mass is 9.98. The number of hydrogen-bond acceptors (Lipinski definition) is 11. The number of ether oxygens (including phenoxy) is 5. The van der Waals surface area contributed by atoms with Crippen LogP contribution in [0, 0.1) is 0 Å². The molecule has 0 spiro atoms. The number of allylic oxidation sites excluding steroid dienone is 6. The van der Waals surface area contributed by atoms with Crippen LogP contribution in [0.1, 0.15) is 226 Å². The Bertz CT molecular complexity index is 1280. The highest BCUT2D eigenvalue weighted by Gasteiger charge is 2.50. The van der Waals surface area contributed by atoms with Crippen molar-refractivity contribution in [2.75, 3.05) is 13.2 Å². The first-order valence-corrected chi connectivity index (χ1v) is 26.0. The average Bonchev–Trinajstić information content (AvgIpc) is 3.29. The molecule has 376 valence electrons. The van der Waals surface area contributed by atoms with E-state index >= 15 is 0 Å². The number of aliphatic hydroxyl groups excluding tert-OH is 2. The van der Waals surface area contributed by atoms with Gasteiger partial charge in [0.25, 0.3) is 0 Å². The third-order valence-electron chi connectivity index (χ3n) is 11.7. The molecule has 0 aliphatic carbocycles. The van der Waals surface area contributed by atoms with Crippen LogP contribution in [0.2, 0.25) is 0 Å². The molecule has 1 fully saturated rings. The molecule has 0 aromatic rings. The van der Waals surface area contributed by atoms with E-state index in [9.17, 15) is 34.5 Å². The molecule has 0 amide bonds. The SMILES string of the molecule is CCC/C=C\C/C=C\CCCCCCCC(=O)OCC(COC1OC(C(=O)O)C(O)C(O)C1OC(=O)CCCCCCCCCCC)OC(=O)CCCCCCC/C=C\CCCCCC. The minimum absolute atomic E-state index is 0.0608. The summed E-state index contributed by atoms with van der Waals surface area (Å²) in [5.74, 6) is -3.14. The highest BCUT2D eigenvalue weighted by Crippen LogP contribution is 2.26. The lowest BCUT2D eigenvalue weighted by Crippen LogP contribution is -2.61. The van der Waals surface area contributed by atoms with Crippen LogP contribution in [0.3, 0.4) is 0 Å². The van der Waals surface area contributed by atoms with Crippen LogP contribution in [-0.4, -0.2) is 89.2 Å². The fourth-order valence-corrected chi connectivity index (χ4v) is 7.63. The van der Waals surface area contributed by atoms with Crippen molar-refractivity contribution in [2.45, 2.75) is 263 Å². The Hall–Kier alpha value is -3.06. The van der Waals surface area contributed by atoms with Gasteiger partial charge in [-0.3, -0.25) is 14.4 Å². The van der Waals surface area contributed by atoms with Gasteiger partial charge >= 0.3 is 23.9 Å². The summed E-state index contributed by atoms with van der Waals surface area (Å²) >= 11 is 0. The maximum absolute atomic E-state index is 13.0. The standard InChI is InChI=1S/C53H92O12/c1-4-7-10-13-16-19-21-23-25-28-30-33-36-39-45(54)61-42-44(63-46(55)40-37-34-32-29-26-24-22-20-17-14-11-8-5-2)43-62-53-51(49(58)48(57)50(65-53)52(59)60)64-47(56)41-38-35-31-27-18-15-12-9-6-3/h10,13,19-22,44,48-51,53,57-58H,4-9,11-12,14-18,23-43H2,1-3H3,(H,59,60)/b13-10-,21-19-,22-20-. The topological polar surface area (TPSA) is 175 Å². The maximum Gasteiger partial charge on any atom is 0.335 e. The largest absolute Gasteiger partial charge is 0.479 e. The monoisotopic (exact) mass is 921 g/mol. The van der Waals surface area contributed by atoms with Crippen molar-refractivity contribution >= 4 is 23.9 Å². The van der Waals surface area contributed by atoms with Crippen molar-refractivity contribution in [1.82, 2.24) is 0 Å². The van der Waals surface area contributed by atoms with E-state index in [0.717, 1.165) is 116 Å². The van der Waals surface area contributed by atoms with Gasteiger partial charge in [-0.25, -0.2) is 4.79 Å².